The van der Waals surface area contributed by atoms with E-state index >= 15 is 0 Å². The molecule has 0 saturated heterocycles. The molecule has 0 spiro atoms. The van der Waals surface area contributed by atoms with Gasteiger partial charge < -0.3 is 19.7 Å². The van der Waals surface area contributed by atoms with Crippen molar-refractivity contribution < 1.29 is 19.2 Å². The summed E-state index contributed by atoms with van der Waals surface area (Å²) in [4.78, 5) is 15.4. The van der Waals surface area contributed by atoms with Crippen molar-refractivity contribution in [2.75, 3.05) is 0 Å². The largest absolute Gasteiger partial charge is 0.491 e. The Kier molecular flexibility index (Phi) is 5.81. The molecule has 156 valence electrons. The molecule has 2 N–H and O–H groups in total. The monoisotopic (exact) mass is 407 g/mol. The van der Waals surface area contributed by atoms with Crippen LogP contribution in [0, 0.1) is 5.92 Å². The van der Waals surface area contributed by atoms with Gasteiger partial charge in [-0.05, 0) is 56.5 Å². The van der Waals surface area contributed by atoms with Gasteiger partial charge in [0.25, 0.3) is 5.89 Å². The van der Waals surface area contributed by atoms with Crippen LogP contribution in [0.3, 0.4) is 0 Å². The number of aliphatic carboxylic acids is 1. The molecule has 0 atom stereocenters. The third kappa shape index (κ3) is 4.68. The lowest BCUT2D eigenvalue weighted by atomic mass is 9.80. The van der Waals surface area contributed by atoms with Gasteiger partial charge in [0.05, 0.1) is 12.0 Å². The number of ether oxygens (including phenoxy) is 1. The van der Waals surface area contributed by atoms with Crippen molar-refractivity contribution in [2.24, 2.45) is 5.92 Å². The predicted molar refractivity (Wildman–Crippen MR) is 112 cm³/mol. The van der Waals surface area contributed by atoms with Crippen LogP contribution in [0.5, 0.6) is 5.75 Å². The van der Waals surface area contributed by atoms with E-state index in [-0.39, 0.29) is 18.1 Å². The zero-order valence-corrected chi connectivity index (χ0v) is 17.0. The maximum absolute atomic E-state index is 10.9. The van der Waals surface area contributed by atoms with E-state index in [1.807, 2.05) is 62.4 Å². The Balaban J connectivity index is 1.35. The molecule has 4 rings (SSSR count). The van der Waals surface area contributed by atoms with Gasteiger partial charge >= 0.3 is 5.97 Å². The SMILES string of the molecule is CC(C)Oc1ccc(-c2nc(-c3ccc(CN[C@H]4C[C@@H](C(=O)O)C4)cc3)no2)cc1. The second-order valence-electron chi connectivity index (χ2n) is 7.90. The third-order valence-electron chi connectivity index (χ3n) is 5.19. The highest BCUT2D eigenvalue weighted by Crippen LogP contribution is 2.28. The van der Waals surface area contributed by atoms with Crippen molar-refractivity contribution in [3.8, 4) is 28.6 Å². The summed E-state index contributed by atoms with van der Waals surface area (Å²) in [5.41, 5.74) is 2.84. The summed E-state index contributed by atoms with van der Waals surface area (Å²) < 4.78 is 11.1. The summed E-state index contributed by atoms with van der Waals surface area (Å²) in [7, 11) is 0. The molecule has 1 aliphatic rings. The lowest BCUT2D eigenvalue weighted by molar-refractivity contribution is -0.145. The van der Waals surface area contributed by atoms with Crippen LogP contribution < -0.4 is 10.1 Å². The summed E-state index contributed by atoms with van der Waals surface area (Å²) in [6.07, 6.45) is 1.52. The number of nitrogens with one attached hydrogen (secondary N) is 1. The molecule has 0 radical (unpaired) electrons. The predicted octanol–water partition coefficient (Wildman–Crippen LogP) is 4.14. The van der Waals surface area contributed by atoms with Gasteiger partial charge in [0.15, 0.2) is 0 Å². The Bertz CT molecular complexity index is 990. The molecule has 1 saturated carbocycles. The molecule has 0 amide bonds. The Morgan fingerprint density at radius 3 is 2.43 bits per heavy atom. The quantitative estimate of drug-likeness (QED) is 0.579. The summed E-state index contributed by atoms with van der Waals surface area (Å²) in [5, 5.41) is 16.4. The Hall–Kier alpha value is -3.19. The summed E-state index contributed by atoms with van der Waals surface area (Å²) >= 11 is 0. The highest BCUT2D eigenvalue weighted by Gasteiger charge is 2.33. The maximum Gasteiger partial charge on any atom is 0.306 e. The van der Waals surface area contributed by atoms with E-state index in [0.29, 0.717) is 31.1 Å². The van der Waals surface area contributed by atoms with Crippen LogP contribution in [0.15, 0.2) is 53.1 Å². The minimum atomic E-state index is -0.697. The highest BCUT2D eigenvalue weighted by molar-refractivity contribution is 5.71. The van der Waals surface area contributed by atoms with E-state index in [2.05, 4.69) is 15.5 Å². The average Bonchev–Trinajstić information content (AvgIpc) is 3.17. The molecular formula is C23H25N3O4. The zero-order valence-electron chi connectivity index (χ0n) is 17.0. The van der Waals surface area contributed by atoms with Crippen LogP contribution in [0.1, 0.15) is 32.3 Å². The van der Waals surface area contributed by atoms with Crippen molar-refractivity contribution in [1.29, 1.82) is 0 Å². The van der Waals surface area contributed by atoms with Crippen LogP contribution >= 0.6 is 0 Å². The van der Waals surface area contributed by atoms with E-state index in [1.165, 1.54) is 0 Å². The molecule has 2 aromatic carbocycles. The zero-order chi connectivity index (χ0) is 21.1. The van der Waals surface area contributed by atoms with E-state index in [9.17, 15) is 4.79 Å². The summed E-state index contributed by atoms with van der Waals surface area (Å²) in [6, 6.07) is 15.8. The summed E-state index contributed by atoms with van der Waals surface area (Å²) in [5.74, 6) is 0.908. The fourth-order valence-electron chi connectivity index (χ4n) is 3.43. The van der Waals surface area contributed by atoms with Gasteiger partial charge in [0, 0.05) is 23.7 Å². The minimum Gasteiger partial charge on any atom is -0.491 e. The first-order chi connectivity index (χ1) is 14.5. The number of carboxylic acids is 1. The Labute approximate surface area is 175 Å². The normalized spacial score (nSPS) is 18.2. The third-order valence-corrected chi connectivity index (χ3v) is 5.19. The van der Waals surface area contributed by atoms with Crippen molar-refractivity contribution in [2.45, 2.75) is 45.4 Å². The first kappa shape index (κ1) is 20.1. The number of rotatable bonds is 8. The lowest BCUT2D eigenvalue weighted by Gasteiger charge is -2.33. The Morgan fingerprint density at radius 2 is 1.80 bits per heavy atom. The molecule has 1 heterocycles. The molecule has 0 unspecified atom stereocenters. The van der Waals surface area contributed by atoms with Gasteiger partial charge in [0.2, 0.25) is 5.82 Å². The Morgan fingerprint density at radius 1 is 1.13 bits per heavy atom. The molecule has 1 aromatic heterocycles. The van der Waals surface area contributed by atoms with Gasteiger partial charge in [-0.1, -0.05) is 29.4 Å². The first-order valence-electron chi connectivity index (χ1n) is 10.1. The molecule has 3 aromatic rings. The fraction of sp³-hybridized carbons (Fsp3) is 0.348. The van der Waals surface area contributed by atoms with Crippen molar-refractivity contribution >= 4 is 5.97 Å². The van der Waals surface area contributed by atoms with Crippen molar-refractivity contribution in [1.82, 2.24) is 15.5 Å². The number of hydrogen-bond donors (Lipinski definition) is 2. The van der Waals surface area contributed by atoms with E-state index in [0.717, 1.165) is 22.4 Å². The van der Waals surface area contributed by atoms with Crippen molar-refractivity contribution in [3.63, 3.8) is 0 Å². The molecule has 30 heavy (non-hydrogen) atoms. The van der Waals surface area contributed by atoms with Gasteiger partial charge in [0.1, 0.15) is 5.75 Å². The van der Waals surface area contributed by atoms with Crippen LogP contribution in [-0.4, -0.2) is 33.4 Å². The van der Waals surface area contributed by atoms with E-state index in [1.54, 1.807) is 0 Å². The molecule has 0 bridgehead atoms. The highest BCUT2D eigenvalue weighted by atomic mass is 16.5. The van der Waals surface area contributed by atoms with Crippen LogP contribution in [-0.2, 0) is 11.3 Å². The number of benzene rings is 2. The fourth-order valence-corrected chi connectivity index (χ4v) is 3.43. The molecule has 1 aliphatic carbocycles. The van der Waals surface area contributed by atoms with E-state index in [4.69, 9.17) is 14.4 Å². The lowest BCUT2D eigenvalue weighted by Crippen LogP contribution is -2.43. The molecular weight excluding hydrogens is 382 g/mol. The number of aromatic nitrogens is 2. The van der Waals surface area contributed by atoms with Gasteiger partial charge in [-0.3, -0.25) is 4.79 Å². The van der Waals surface area contributed by atoms with E-state index < -0.39 is 5.97 Å². The number of carbonyl (C=O) groups is 1. The molecule has 7 nitrogen and oxygen atoms in total. The minimum absolute atomic E-state index is 0.124. The van der Waals surface area contributed by atoms with Crippen molar-refractivity contribution in [3.05, 3.63) is 54.1 Å². The summed E-state index contributed by atoms with van der Waals surface area (Å²) in [6.45, 7) is 4.68. The topological polar surface area (TPSA) is 97.5 Å². The second kappa shape index (κ2) is 8.67. The number of hydrogen-bond acceptors (Lipinski definition) is 6. The second-order valence-corrected chi connectivity index (χ2v) is 7.90. The average molecular weight is 407 g/mol. The molecule has 7 heteroatoms. The number of nitrogens with zero attached hydrogens (tertiary/aromatic N) is 2. The molecule has 0 aliphatic heterocycles. The smallest absolute Gasteiger partial charge is 0.306 e. The number of carboxylic acid groups (broad SMARTS) is 1. The standard InChI is InChI=1S/C23H25N3O4/c1-14(2)29-20-9-7-17(8-10-20)22-25-21(26-30-22)16-5-3-15(4-6-16)13-24-19-11-18(12-19)23(27)28/h3-10,14,18-19,24H,11-13H2,1-2H3,(H,27,28)/t18-,19+. The van der Waals surface area contributed by atoms with Crippen LogP contribution in [0.25, 0.3) is 22.8 Å². The van der Waals surface area contributed by atoms with Gasteiger partial charge in [-0.15, -0.1) is 0 Å². The molecule has 1 fully saturated rings. The van der Waals surface area contributed by atoms with Crippen LogP contribution in [0.4, 0.5) is 0 Å². The first-order valence-corrected chi connectivity index (χ1v) is 10.1. The van der Waals surface area contributed by atoms with Gasteiger partial charge in [-0.2, -0.15) is 4.98 Å². The maximum atomic E-state index is 10.9. The van der Waals surface area contributed by atoms with Gasteiger partial charge in [-0.25, -0.2) is 0 Å². The van der Waals surface area contributed by atoms with Crippen LogP contribution in [0.2, 0.25) is 0 Å².